The van der Waals surface area contributed by atoms with E-state index in [2.05, 4.69) is 12.1 Å². The van der Waals surface area contributed by atoms with Gasteiger partial charge in [-0.25, -0.2) is 0 Å². The van der Waals surface area contributed by atoms with E-state index in [0.29, 0.717) is 0 Å². The van der Waals surface area contributed by atoms with Gasteiger partial charge in [-0.1, -0.05) is 30.3 Å². The molecule has 0 saturated carbocycles. The molecule has 14 heavy (non-hydrogen) atoms. The van der Waals surface area contributed by atoms with Crippen molar-refractivity contribution in [2.24, 2.45) is 5.73 Å². The van der Waals surface area contributed by atoms with Crippen LogP contribution in [0.3, 0.4) is 0 Å². The molecule has 0 aliphatic carbocycles. The Morgan fingerprint density at radius 2 is 2.00 bits per heavy atom. The summed E-state index contributed by atoms with van der Waals surface area (Å²) in [6, 6.07) is 10.4. The Hall–Kier alpha value is -0.860. The van der Waals surface area contributed by atoms with Crippen LogP contribution in [-0.2, 0) is 4.74 Å². The molecule has 78 valence electrons. The third-order valence-corrected chi connectivity index (χ3v) is 2.24. The highest BCUT2D eigenvalue weighted by molar-refractivity contribution is 5.18. The number of nitrogens with two attached hydrogens (primary N) is 1. The molecule has 1 unspecified atom stereocenters. The normalized spacial score (nSPS) is 12.7. The van der Waals surface area contributed by atoms with Gasteiger partial charge in [0.1, 0.15) is 0 Å². The van der Waals surface area contributed by atoms with Crippen LogP contribution in [0.4, 0.5) is 0 Å². The maximum atomic E-state index is 6.02. The van der Waals surface area contributed by atoms with Crippen LogP contribution in [0.15, 0.2) is 30.3 Å². The Morgan fingerprint density at radius 1 is 1.29 bits per heavy atom. The summed E-state index contributed by atoms with van der Waals surface area (Å²) in [5, 5.41) is 0. The number of rotatable bonds is 6. The third kappa shape index (κ3) is 3.90. The van der Waals surface area contributed by atoms with E-state index in [4.69, 9.17) is 10.5 Å². The quantitative estimate of drug-likeness (QED) is 0.704. The maximum Gasteiger partial charge on any atom is 0.0466 e. The topological polar surface area (TPSA) is 35.2 Å². The van der Waals surface area contributed by atoms with Crippen LogP contribution < -0.4 is 5.73 Å². The Labute approximate surface area is 86.1 Å². The molecule has 0 aliphatic rings. The molecule has 0 amide bonds. The first-order valence-corrected chi connectivity index (χ1v) is 5.23. The lowest BCUT2D eigenvalue weighted by Gasteiger charge is -2.11. The van der Waals surface area contributed by atoms with Crippen LogP contribution in [0, 0.1) is 0 Å². The molecule has 1 aromatic rings. The molecule has 1 rings (SSSR count). The summed E-state index contributed by atoms with van der Waals surface area (Å²) >= 11 is 0. The van der Waals surface area contributed by atoms with Crippen molar-refractivity contribution in [2.75, 3.05) is 13.2 Å². The summed E-state index contributed by atoms with van der Waals surface area (Å²) in [5.74, 6) is 0. The van der Waals surface area contributed by atoms with Crippen molar-refractivity contribution in [3.63, 3.8) is 0 Å². The van der Waals surface area contributed by atoms with Gasteiger partial charge in [0.2, 0.25) is 0 Å². The predicted octanol–water partition coefficient (Wildman–Crippen LogP) is 2.50. The van der Waals surface area contributed by atoms with E-state index >= 15 is 0 Å². The summed E-state index contributed by atoms with van der Waals surface area (Å²) in [5.41, 5.74) is 7.23. The van der Waals surface area contributed by atoms with E-state index in [-0.39, 0.29) is 6.04 Å². The van der Waals surface area contributed by atoms with Gasteiger partial charge in [-0.3, -0.25) is 0 Å². The fourth-order valence-corrected chi connectivity index (χ4v) is 1.42. The second-order valence-corrected chi connectivity index (χ2v) is 3.36. The van der Waals surface area contributed by atoms with Gasteiger partial charge in [0.05, 0.1) is 0 Å². The molecule has 0 fully saturated rings. The molecule has 0 bridgehead atoms. The van der Waals surface area contributed by atoms with Crippen molar-refractivity contribution in [2.45, 2.75) is 25.8 Å². The molecule has 0 aromatic heterocycles. The minimum Gasteiger partial charge on any atom is -0.382 e. The fourth-order valence-electron chi connectivity index (χ4n) is 1.42. The van der Waals surface area contributed by atoms with E-state index in [1.54, 1.807) is 0 Å². The molecular formula is C12H19NO. The van der Waals surface area contributed by atoms with Gasteiger partial charge in [0, 0.05) is 19.3 Å². The molecular weight excluding hydrogens is 174 g/mol. The van der Waals surface area contributed by atoms with Crippen molar-refractivity contribution in [3.8, 4) is 0 Å². The molecule has 2 nitrogen and oxygen atoms in total. The summed E-state index contributed by atoms with van der Waals surface area (Å²) < 4.78 is 5.26. The number of benzene rings is 1. The van der Waals surface area contributed by atoms with E-state index in [9.17, 15) is 0 Å². The van der Waals surface area contributed by atoms with Crippen molar-refractivity contribution in [3.05, 3.63) is 35.9 Å². The van der Waals surface area contributed by atoms with Crippen molar-refractivity contribution in [1.29, 1.82) is 0 Å². The van der Waals surface area contributed by atoms with Crippen molar-refractivity contribution in [1.82, 2.24) is 0 Å². The molecule has 2 N–H and O–H groups in total. The highest BCUT2D eigenvalue weighted by Crippen LogP contribution is 2.14. The summed E-state index contributed by atoms with van der Waals surface area (Å²) in [4.78, 5) is 0. The van der Waals surface area contributed by atoms with Gasteiger partial charge in [-0.2, -0.15) is 0 Å². The van der Waals surface area contributed by atoms with Crippen LogP contribution >= 0.6 is 0 Å². The largest absolute Gasteiger partial charge is 0.382 e. The van der Waals surface area contributed by atoms with Gasteiger partial charge in [0.15, 0.2) is 0 Å². The van der Waals surface area contributed by atoms with Crippen LogP contribution in [0.1, 0.15) is 31.4 Å². The first-order valence-electron chi connectivity index (χ1n) is 5.23. The highest BCUT2D eigenvalue weighted by Gasteiger charge is 2.03. The summed E-state index contributed by atoms with van der Waals surface area (Å²) in [7, 11) is 0. The Bertz CT molecular complexity index is 235. The maximum absolute atomic E-state index is 6.02. The Kier molecular flexibility index (Phi) is 5.27. The van der Waals surface area contributed by atoms with E-state index in [0.717, 1.165) is 26.1 Å². The van der Waals surface area contributed by atoms with Gasteiger partial charge in [-0.05, 0) is 25.3 Å². The smallest absolute Gasteiger partial charge is 0.0466 e. The zero-order chi connectivity index (χ0) is 10.2. The van der Waals surface area contributed by atoms with Crippen LogP contribution in [0.25, 0.3) is 0 Å². The average Bonchev–Trinajstić information content (AvgIpc) is 2.25. The zero-order valence-corrected chi connectivity index (χ0v) is 8.78. The molecule has 0 heterocycles. The van der Waals surface area contributed by atoms with Crippen LogP contribution in [-0.4, -0.2) is 13.2 Å². The molecule has 1 atom stereocenters. The third-order valence-electron chi connectivity index (χ3n) is 2.24. The monoisotopic (exact) mass is 193 g/mol. The molecule has 0 spiro atoms. The zero-order valence-electron chi connectivity index (χ0n) is 8.78. The number of hydrogen-bond donors (Lipinski definition) is 1. The van der Waals surface area contributed by atoms with Gasteiger partial charge in [-0.15, -0.1) is 0 Å². The SMILES string of the molecule is CCOCCCC(N)c1ccccc1. The molecule has 0 saturated heterocycles. The van der Waals surface area contributed by atoms with Gasteiger partial charge >= 0.3 is 0 Å². The lowest BCUT2D eigenvalue weighted by Crippen LogP contribution is -2.11. The van der Waals surface area contributed by atoms with E-state index < -0.39 is 0 Å². The first-order chi connectivity index (χ1) is 6.84. The molecule has 2 heteroatoms. The minimum atomic E-state index is 0.150. The first kappa shape index (κ1) is 11.2. The van der Waals surface area contributed by atoms with Crippen molar-refractivity contribution >= 4 is 0 Å². The predicted molar refractivity (Wildman–Crippen MR) is 59.1 cm³/mol. The van der Waals surface area contributed by atoms with Crippen LogP contribution in [0.5, 0.6) is 0 Å². The summed E-state index contributed by atoms with van der Waals surface area (Å²) in [6.07, 6.45) is 2.02. The highest BCUT2D eigenvalue weighted by atomic mass is 16.5. The Morgan fingerprint density at radius 3 is 2.64 bits per heavy atom. The molecule has 1 aromatic carbocycles. The lowest BCUT2D eigenvalue weighted by atomic mass is 10.0. The molecule has 0 radical (unpaired) electrons. The second-order valence-electron chi connectivity index (χ2n) is 3.36. The molecule has 0 aliphatic heterocycles. The van der Waals surface area contributed by atoms with E-state index in [1.807, 2.05) is 25.1 Å². The van der Waals surface area contributed by atoms with Gasteiger partial charge in [0.25, 0.3) is 0 Å². The number of hydrogen-bond acceptors (Lipinski definition) is 2. The standard InChI is InChI=1S/C12H19NO/c1-2-14-10-6-9-12(13)11-7-4-3-5-8-11/h3-5,7-8,12H,2,6,9-10,13H2,1H3. The lowest BCUT2D eigenvalue weighted by molar-refractivity contribution is 0.142. The van der Waals surface area contributed by atoms with Gasteiger partial charge < -0.3 is 10.5 Å². The van der Waals surface area contributed by atoms with Crippen molar-refractivity contribution < 1.29 is 4.74 Å². The van der Waals surface area contributed by atoms with E-state index in [1.165, 1.54) is 5.56 Å². The second kappa shape index (κ2) is 6.57. The minimum absolute atomic E-state index is 0.150. The van der Waals surface area contributed by atoms with Crippen LogP contribution in [0.2, 0.25) is 0 Å². The Balaban J connectivity index is 2.25. The number of ether oxygens (including phenoxy) is 1. The average molecular weight is 193 g/mol. The fraction of sp³-hybridized carbons (Fsp3) is 0.500. The summed E-state index contributed by atoms with van der Waals surface area (Å²) in [6.45, 7) is 3.62.